The molecule has 0 aliphatic carbocycles. The van der Waals surface area contributed by atoms with Crippen LogP contribution in [0.4, 0.5) is 10.5 Å². The average molecular weight is 588 g/mol. The summed E-state index contributed by atoms with van der Waals surface area (Å²) in [7, 11) is -4.03. The zero-order chi connectivity index (χ0) is 29.1. The van der Waals surface area contributed by atoms with E-state index in [1.807, 2.05) is 44.2 Å². The van der Waals surface area contributed by atoms with Gasteiger partial charge < -0.3 is 30.0 Å². The Morgan fingerprint density at radius 3 is 2.71 bits per heavy atom. The molecule has 11 nitrogen and oxygen atoms in total. The van der Waals surface area contributed by atoms with E-state index in [1.54, 1.807) is 6.07 Å². The molecule has 2 fully saturated rings. The van der Waals surface area contributed by atoms with Crippen LogP contribution >= 0.6 is 0 Å². The van der Waals surface area contributed by atoms with Crippen LogP contribution in [0.1, 0.15) is 31.4 Å². The highest BCUT2D eigenvalue weighted by Gasteiger charge is 2.44. The fourth-order valence-corrected chi connectivity index (χ4v) is 7.22. The Labute approximate surface area is 240 Å². The highest BCUT2D eigenvalue weighted by atomic mass is 32.2. The van der Waals surface area contributed by atoms with Crippen LogP contribution in [0.15, 0.2) is 53.4 Å². The lowest BCUT2D eigenvalue weighted by molar-refractivity contribution is -0.115. The summed E-state index contributed by atoms with van der Waals surface area (Å²) in [5.41, 5.74) is 2.07. The zero-order valence-electron chi connectivity index (χ0n) is 23.2. The lowest BCUT2D eigenvalue weighted by Gasteiger charge is -2.31. The van der Waals surface area contributed by atoms with Crippen molar-refractivity contribution in [3.8, 4) is 0 Å². The van der Waals surface area contributed by atoms with Crippen LogP contribution in [-0.4, -0.2) is 80.7 Å². The van der Waals surface area contributed by atoms with E-state index in [0.717, 1.165) is 12.0 Å². The summed E-state index contributed by atoms with van der Waals surface area (Å²) >= 11 is 0. The first kappa shape index (κ1) is 29.5. The molecule has 2 amide bonds. The molecule has 0 spiro atoms. The summed E-state index contributed by atoms with van der Waals surface area (Å²) in [6.07, 6.45) is -1.70. The van der Waals surface area contributed by atoms with E-state index in [0.29, 0.717) is 17.9 Å². The summed E-state index contributed by atoms with van der Waals surface area (Å²) in [6.45, 7) is 4.46. The van der Waals surface area contributed by atoms with Crippen molar-refractivity contribution in [3.63, 3.8) is 0 Å². The molecule has 0 bridgehead atoms. The molecule has 0 radical (unpaired) electrons. The number of fused-ring (bicyclic) bond motifs is 2. The van der Waals surface area contributed by atoms with Gasteiger partial charge in [-0.1, -0.05) is 44.2 Å². The molecule has 0 saturated carbocycles. The van der Waals surface area contributed by atoms with Gasteiger partial charge in [0.05, 0.1) is 42.6 Å². The SMILES string of the molecule is CC(C)CN(CC(O)C(Cc1ccccc1)NC(=O)OC1COC2OCCC12)S(=O)(=O)c1ccc2c(c1)CC(=O)N2. The van der Waals surface area contributed by atoms with Crippen molar-refractivity contribution in [2.24, 2.45) is 11.8 Å². The number of carbonyl (C=O) groups excluding carboxylic acids is 2. The standard InChI is InChI=1S/C29H37N3O8S/c1-18(2)15-32(41(36,37)21-8-9-23-20(13-21)14-27(34)30-23)16-25(33)24(12-19-6-4-3-5-7-19)31-29(35)40-26-17-39-28-22(26)10-11-38-28/h3-9,13,18,22,24-26,28,33H,10-12,14-17H2,1-2H3,(H,30,34)(H,31,35). The second-order valence-electron chi connectivity index (χ2n) is 11.2. The van der Waals surface area contributed by atoms with Gasteiger partial charge in [0, 0.05) is 18.8 Å². The maximum Gasteiger partial charge on any atom is 0.407 e. The number of amides is 2. The third kappa shape index (κ3) is 6.90. The van der Waals surface area contributed by atoms with Gasteiger partial charge in [-0.25, -0.2) is 13.2 Å². The number of anilines is 1. The molecule has 0 aromatic heterocycles. The van der Waals surface area contributed by atoms with Crippen LogP contribution in [0, 0.1) is 11.8 Å². The highest BCUT2D eigenvalue weighted by molar-refractivity contribution is 7.89. The number of benzene rings is 2. The summed E-state index contributed by atoms with van der Waals surface area (Å²) < 4.78 is 45.6. The van der Waals surface area contributed by atoms with E-state index in [4.69, 9.17) is 14.2 Å². The third-order valence-electron chi connectivity index (χ3n) is 7.61. The largest absolute Gasteiger partial charge is 0.443 e. The zero-order valence-corrected chi connectivity index (χ0v) is 24.0. The van der Waals surface area contributed by atoms with E-state index >= 15 is 0 Å². The molecule has 2 saturated heterocycles. The van der Waals surface area contributed by atoms with Crippen molar-refractivity contribution >= 4 is 27.7 Å². The van der Waals surface area contributed by atoms with Crippen molar-refractivity contribution in [1.82, 2.24) is 9.62 Å². The molecule has 12 heteroatoms. The molecule has 3 aliphatic rings. The quantitative estimate of drug-likeness (QED) is 0.363. The minimum Gasteiger partial charge on any atom is -0.443 e. The molecule has 5 rings (SSSR count). The molecule has 5 atom stereocenters. The number of carbonyl (C=O) groups is 2. The van der Waals surface area contributed by atoms with Crippen molar-refractivity contribution in [2.45, 2.75) is 62.5 Å². The van der Waals surface area contributed by atoms with E-state index < -0.39 is 34.4 Å². The number of alkyl carbamates (subject to hydrolysis) is 1. The Kier molecular flexibility index (Phi) is 8.95. The fourth-order valence-electron chi connectivity index (χ4n) is 5.55. The van der Waals surface area contributed by atoms with Gasteiger partial charge in [-0.05, 0) is 48.1 Å². The molecular formula is C29H37N3O8S. The van der Waals surface area contributed by atoms with Crippen molar-refractivity contribution in [1.29, 1.82) is 0 Å². The van der Waals surface area contributed by atoms with Crippen LogP contribution in [-0.2, 0) is 41.9 Å². The summed E-state index contributed by atoms with van der Waals surface area (Å²) in [6, 6.07) is 13.0. The fraction of sp³-hybridized carbons (Fsp3) is 0.517. The third-order valence-corrected chi connectivity index (χ3v) is 9.44. The van der Waals surface area contributed by atoms with E-state index in [9.17, 15) is 23.1 Å². The van der Waals surface area contributed by atoms with Gasteiger partial charge in [0.1, 0.15) is 6.10 Å². The molecule has 2 aromatic carbocycles. The average Bonchev–Trinajstić information content (AvgIpc) is 3.64. The van der Waals surface area contributed by atoms with Gasteiger partial charge >= 0.3 is 6.09 Å². The lowest BCUT2D eigenvalue weighted by Crippen LogP contribution is -2.51. The van der Waals surface area contributed by atoms with E-state index in [1.165, 1.54) is 16.4 Å². The van der Waals surface area contributed by atoms with Gasteiger partial charge in [-0.2, -0.15) is 4.31 Å². The molecule has 222 valence electrons. The summed E-state index contributed by atoms with van der Waals surface area (Å²) in [5, 5.41) is 16.9. The number of sulfonamides is 1. The van der Waals surface area contributed by atoms with E-state index in [-0.39, 0.29) is 61.5 Å². The Hall–Kier alpha value is -3.03. The molecule has 5 unspecified atom stereocenters. The predicted molar refractivity (Wildman–Crippen MR) is 150 cm³/mol. The Bertz CT molecular complexity index is 1350. The maximum absolute atomic E-state index is 13.8. The molecule has 3 N–H and O–H groups in total. The van der Waals surface area contributed by atoms with Gasteiger partial charge in [-0.15, -0.1) is 0 Å². The second-order valence-corrected chi connectivity index (χ2v) is 13.2. The van der Waals surface area contributed by atoms with Crippen LogP contribution in [0.2, 0.25) is 0 Å². The Balaban J connectivity index is 1.33. The summed E-state index contributed by atoms with van der Waals surface area (Å²) in [5.74, 6) is -0.266. The van der Waals surface area contributed by atoms with Crippen LogP contribution < -0.4 is 10.6 Å². The molecule has 41 heavy (non-hydrogen) atoms. The number of ether oxygens (including phenoxy) is 3. The first-order valence-corrected chi connectivity index (χ1v) is 15.4. The Morgan fingerprint density at radius 2 is 1.95 bits per heavy atom. The van der Waals surface area contributed by atoms with Crippen molar-refractivity contribution < 1.29 is 37.3 Å². The lowest BCUT2D eigenvalue weighted by atomic mass is 10.0. The highest BCUT2D eigenvalue weighted by Crippen LogP contribution is 2.33. The molecule has 3 heterocycles. The normalized spacial score (nSPS) is 23.2. The number of aliphatic hydroxyl groups is 1. The van der Waals surface area contributed by atoms with Gasteiger partial charge in [0.2, 0.25) is 15.9 Å². The number of nitrogens with one attached hydrogen (secondary N) is 2. The molecule has 3 aliphatic heterocycles. The predicted octanol–water partition coefficient (Wildman–Crippen LogP) is 2.29. The topological polar surface area (TPSA) is 144 Å². The van der Waals surface area contributed by atoms with Crippen molar-refractivity contribution in [3.05, 3.63) is 59.7 Å². The van der Waals surface area contributed by atoms with Crippen molar-refractivity contribution in [2.75, 3.05) is 31.6 Å². The first-order valence-electron chi connectivity index (χ1n) is 14.0. The molecule has 2 aromatic rings. The molecular weight excluding hydrogens is 550 g/mol. The van der Waals surface area contributed by atoms with Gasteiger partial charge in [0.15, 0.2) is 6.29 Å². The smallest absolute Gasteiger partial charge is 0.407 e. The number of rotatable bonds is 11. The van der Waals surface area contributed by atoms with Gasteiger partial charge in [-0.3, -0.25) is 4.79 Å². The van der Waals surface area contributed by atoms with Gasteiger partial charge in [0.25, 0.3) is 0 Å². The minimum atomic E-state index is -4.03. The minimum absolute atomic E-state index is 0.0379. The number of hydrogen-bond donors (Lipinski definition) is 3. The number of nitrogens with zero attached hydrogens (tertiary/aromatic N) is 1. The summed E-state index contributed by atoms with van der Waals surface area (Å²) in [4.78, 5) is 24.8. The number of aliphatic hydroxyl groups excluding tert-OH is 1. The maximum atomic E-state index is 13.8. The van der Waals surface area contributed by atoms with Crippen LogP contribution in [0.3, 0.4) is 0 Å². The number of hydrogen-bond acceptors (Lipinski definition) is 8. The van der Waals surface area contributed by atoms with Crippen LogP contribution in [0.5, 0.6) is 0 Å². The second kappa shape index (κ2) is 12.5. The Morgan fingerprint density at radius 1 is 1.17 bits per heavy atom. The first-order chi connectivity index (χ1) is 19.6. The van der Waals surface area contributed by atoms with Crippen LogP contribution in [0.25, 0.3) is 0 Å². The monoisotopic (exact) mass is 587 g/mol. The van der Waals surface area contributed by atoms with E-state index in [2.05, 4.69) is 10.6 Å².